The van der Waals surface area contributed by atoms with Gasteiger partial charge in [-0.05, 0) is 31.6 Å². The maximum Gasteiger partial charge on any atom is 0.221 e. The van der Waals surface area contributed by atoms with Gasteiger partial charge in [0.05, 0.1) is 6.04 Å². The highest BCUT2D eigenvalue weighted by Gasteiger charge is 2.15. The van der Waals surface area contributed by atoms with Gasteiger partial charge in [0.15, 0.2) is 0 Å². The van der Waals surface area contributed by atoms with E-state index in [1.54, 1.807) is 22.2 Å². The van der Waals surface area contributed by atoms with Gasteiger partial charge < -0.3 is 10.2 Å². The molecule has 5 nitrogen and oxygen atoms in total. The second kappa shape index (κ2) is 7.21. The SMILES string of the molecule is CN(C)C(CNC(=O)CCn1cccn1)c1cccs1. The molecule has 1 atom stereocenters. The first kappa shape index (κ1) is 14.7. The molecule has 0 radical (unpaired) electrons. The Bertz CT molecular complexity index is 507. The molecular formula is C14H20N4OS. The van der Waals surface area contributed by atoms with Crippen LogP contribution >= 0.6 is 11.3 Å². The van der Waals surface area contributed by atoms with E-state index < -0.39 is 0 Å². The number of thiophene rings is 1. The second-order valence-corrected chi connectivity index (χ2v) is 5.80. The zero-order chi connectivity index (χ0) is 14.4. The molecule has 1 N–H and O–H groups in total. The minimum Gasteiger partial charge on any atom is -0.354 e. The minimum absolute atomic E-state index is 0.0592. The fourth-order valence-corrected chi connectivity index (χ4v) is 2.89. The number of aryl methyl sites for hydroxylation is 1. The summed E-state index contributed by atoms with van der Waals surface area (Å²) in [6.07, 6.45) is 4.03. The van der Waals surface area contributed by atoms with E-state index in [2.05, 4.69) is 26.8 Å². The van der Waals surface area contributed by atoms with Crippen LogP contribution < -0.4 is 5.32 Å². The number of hydrogen-bond donors (Lipinski definition) is 1. The van der Waals surface area contributed by atoms with Crippen LogP contribution in [-0.4, -0.2) is 41.2 Å². The number of rotatable bonds is 7. The van der Waals surface area contributed by atoms with E-state index in [0.29, 0.717) is 19.5 Å². The lowest BCUT2D eigenvalue weighted by molar-refractivity contribution is -0.121. The van der Waals surface area contributed by atoms with E-state index >= 15 is 0 Å². The van der Waals surface area contributed by atoms with Crippen LogP contribution in [0.4, 0.5) is 0 Å². The maximum absolute atomic E-state index is 11.9. The van der Waals surface area contributed by atoms with Crippen molar-refractivity contribution in [3.05, 3.63) is 40.8 Å². The normalized spacial score (nSPS) is 12.6. The average Bonchev–Trinajstić information content (AvgIpc) is 3.09. The van der Waals surface area contributed by atoms with Crippen molar-refractivity contribution in [1.29, 1.82) is 0 Å². The molecule has 0 aliphatic rings. The summed E-state index contributed by atoms with van der Waals surface area (Å²) in [4.78, 5) is 15.3. The van der Waals surface area contributed by atoms with E-state index in [9.17, 15) is 4.79 Å². The van der Waals surface area contributed by atoms with Crippen LogP contribution in [0.1, 0.15) is 17.3 Å². The molecule has 2 aromatic heterocycles. The lowest BCUT2D eigenvalue weighted by Crippen LogP contribution is -2.34. The molecule has 0 aliphatic heterocycles. The van der Waals surface area contributed by atoms with Crippen LogP contribution in [0.15, 0.2) is 36.0 Å². The number of carbonyl (C=O) groups is 1. The Morgan fingerprint density at radius 3 is 2.95 bits per heavy atom. The molecule has 6 heteroatoms. The van der Waals surface area contributed by atoms with E-state index in [1.165, 1.54) is 4.88 Å². The lowest BCUT2D eigenvalue weighted by Gasteiger charge is -2.23. The average molecular weight is 292 g/mol. The van der Waals surface area contributed by atoms with Crippen LogP contribution in [0, 0.1) is 0 Å². The molecule has 0 aliphatic carbocycles. The lowest BCUT2D eigenvalue weighted by atomic mass is 10.2. The number of nitrogens with zero attached hydrogens (tertiary/aromatic N) is 3. The molecule has 0 bridgehead atoms. The highest BCUT2D eigenvalue weighted by atomic mass is 32.1. The molecule has 20 heavy (non-hydrogen) atoms. The number of likely N-dealkylation sites (N-methyl/N-ethyl adjacent to an activating group) is 1. The molecule has 2 aromatic rings. The molecule has 1 amide bonds. The fraction of sp³-hybridized carbons (Fsp3) is 0.429. The Labute approximate surface area is 123 Å². The molecule has 0 saturated carbocycles. The van der Waals surface area contributed by atoms with Gasteiger partial charge in [-0.3, -0.25) is 9.48 Å². The van der Waals surface area contributed by atoms with E-state index in [4.69, 9.17) is 0 Å². The predicted octanol–water partition coefficient (Wildman–Crippen LogP) is 1.75. The molecule has 108 valence electrons. The summed E-state index contributed by atoms with van der Waals surface area (Å²) in [6, 6.07) is 6.22. The summed E-state index contributed by atoms with van der Waals surface area (Å²) < 4.78 is 1.77. The topological polar surface area (TPSA) is 50.2 Å². The molecule has 0 fully saturated rings. The van der Waals surface area contributed by atoms with Crippen molar-refractivity contribution in [3.8, 4) is 0 Å². The van der Waals surface area contributed by atoms with Crippen LogP contribution in [-0.2, 0) is 11.3 Å². The quantitative estimate of drug-likeness (QED) is 0.846. The van der Waals surface area contributed by atoms with Gasteiger partial charge in [0.1, 0.15) is 0 Å². The standard InChI is InChI=1S/C14H20N4OS/c1-17(2)12(13-5-3-10-20-13)11-15-14(19)6-9-18-8-4-7-16-18/h3-5,7-8,10,12H,6,9,11H2,1-2H3,(H,15,19). The fourth-order valence-electron chi connectivity index (χ4n) is 1.97. The zero-order valence-electron chi connectivity index (χ0n) is 11.8. The highest BCUT2D eigenvalue weighted by molar-refractivity contribution is 7.10. The van der Waals surface area contributed by atoms with Crippen molar-refractivity contribution < 1.29 is 4.79 Å². The highest BCUT2D eigenvalue weighted by Crippen LogP contribution is 2.22. The largest absolute Gasteiger partial charge is 0.354 e. The number of carbonyl (C=O) groups excluding carboxylic acids is 1. The van der Waals surface area contributed by atoms with Crippen molar-refractivity contribution >= 4 is 17.2 Å². The first-order valence-electron chi connectivity index (χ1n) is 6.61. The minimum atomic E-state index is 0.0592. The third kappa shape index (κ3) is 4.18. The monoisotopic (exact) mass is 292 g/mol. The number of nitrogens with one attached hydrogen (secondary N) is 1. The first-order valence-corrected chi connectivity index (χ1v) is 7.48. The Morgan fingerprint density at radius 2 is 2.35 bits per heavy atom. The van der Waals surface area contributed by atoms with Crippen LogP contribution in [0.25, 0.3) is 0 Å². The summed E-state index contributed by atoms with van der Waals surface area (Å²) in [6.45, 7) is 1.25. The van der Waals surface area contributed by atoms with Crippen molar-refractivity contribution in [2.75, 3.05) is 20.6 Å². The van der Waals surface area contributed by atoms with Crippen LogP contribution in [0.5, 0.6) is 0 Å². The Balaban J connectivity index is 1.79. The van der Waals surface area contributed by atoms with Gasteiger partial charge >= 0.3 is 0 Å². The molecule has 0 saturated heterocycles. The van der Waals surface area contributed by atoms with E-state index in [-0.39, 0.29) is 11.9 Å². The second-order valence-electron chi connectivity index (χ2n) is 4.82. The van der Waals surface area contributed by atoms with E-state index in [1.807, 2.05) is 32.4 Å². The molecular weight excluding hydrogens is 272 g/mol. The number of hydrogen-bond acceptors (Lipinski definition) is 4. The van der Waals surface area contributed by atoms with Crippen molar-refractivity contribution in [1.82, 2.24) is 20.0 Å². The Morgan fingerprint density at radius 1 is 1.50 bits per heavy atom. The smallest absolute Gasteiger partial charge is 0.221 e. The van der Waals surface area contributed by atoms with E-state index in [0.717, 1.165) is 0 Å². The molecule has 0 spiro atoms. The van der Waals surface area contributed by atoms with Gasteiger partial charge in [-0.1, -0.05) is 6.07 Å². The molecule has 1 unspecified atom stereocenters. The van der Waals surface area contributed by atoms with Gasteiger partial charge in [-0.2, -0.15) is 5.10 Å². The zero-order valence-corrected chi connectivity index (χ0v) is 12.6. The Kier molecular flexibility index (Phi) is 5.31. The third-order valence-corrected chi connectivity index (χ3v) is 4.09. The molecule has 2 heterocycles. The summed E-state index contributed by atoms with van der Waals surface area (Å²) >= 11 is 1.72. The van der Waals surface area contributed by atoms with Gasteiger partial charge in [0.2, 0.25) is 5.91 Å². The van der Waals surface area contributed by atoms with Crippen molar-refractivity contribution in [3.63, 3.8) is 0 Å². The van der Waals surface area contributed by atoms with Gasteiger partial charge in [0, 0.05) is 36.8 Å². The predicted molar refractivity (Wildman–Crippen MR) is 80.6 cm³/mol. The van der Waals surface area contributed by atoms with Gasteiger partial charge in [-0.25, -0.2) is 0 Å². The number of amides is 1. The van der Waals surface area contributed by atoms with Crippen LogP contribution in [0.2, 0.25) is 0 Å². The number of aromatic nitrogens is 2. The summed E-state index contributed by atoms with van der Waals surface area (Å²) in [5.41, 5.74) is 0. The van der Waals surface area contributed by atoms with Crippen molar-refractivity contribution in [2.45, 2.75) is 19.0 Å². The van der Waals surface area contributed by atoms with Gasteiger partial charge in [-0.15, -0.1) is 11.3 Å². The van der Waals surface area contributed by atoms with Gasteiger partial charge in [0.25, 0.3) is 0 Å². The maximum atomic E-state index is 11.9. The Hall–Kier alpha value is -1.66. The summed E-state index contributed by atoms with van der Waals surface area (Å²) in [5, 5.41) is 9.14. The molecule has 0 aromatic carbocycles. The first-order chi connectivity index (χ1) is 9.66. The van der Waals surface area contributed by atoms with Crippen LogP contribution in [0.3, 0.4) is 0 Å². The molecule has 2 rings (SSSR count). The van der Waals surface area contributed by atoms with Crippen molar-refractivity contribution in [2.24, 2.45) is 0 Å². The third-order valence-electron chi connectivity index (χ3n) is 3.11. The summed E-state index contributed by atoms with van der Waals surface area (Å²) in [7, 11) is 4.06. The summed E-state index contributed by atoms with van der Waals surface area (Å²) in [5.74, 6) is 0.0592.